The van der Waals surface area contributed by atoms with Gasteiger partial charge in [0, 0.05) is 6.54 Å². The van der Waals surface area contributed by atoms with Gasteiger partial charge in [0.1, 0.15) is 30.5 Å². The van der Waals surface area contributed by atoms with Crippen molar-refractivity contribution in [1.82, 2.24) is 5.32 Å². The Morgan fingerprint density at radius 3 is 2.24 bits per heavy atom. The van der Waals surface area contributed by atoms with Crippen LogP contribution >= 0.6 is 0 Å². The van der Waals surface area contributed by atoms with Crippen LogP contribution in [-0.2, 0) is 0 Å². The van der Waals surface area contributed by atoms with Gasteiger partial charge in [0.15, 0.2) is 0 Å². The molecule has 124 valence electrons. The molecule has 0 saturated carbocycles. The molecule has 0 aromatic rings. The Bertz CT molecular complexity index is 351. The Kier molecular flexibility index (Phi) is 7.17. The molecule has 0 fully saturated rings. The van der Waals surface area contributed by atoms with Gasteiger partial charge in [-0.25, -0.2) is 0 Å². The standard InChI is InChI=1S/C13H25NO7/c1-2-6-3-7(11(19)13(21)10(6)18)14-4-8(16)12(20)9(17)5-15/h3,7-21H,2,4-5H2,1H3. The lowest BCUT2D eigenvalue weighted by Gasteiger charge is -2.35. The summed E-state index contributed by atoms with van der Waals surface area (Å²) in [6, 6.07) is -0.702. The molecule has 0 aromatic heterocycles. The summed E-state index contributed by atoms with van der Waals surface area (Å²) in [7, 11) is 0. The van der Waals surface area contributed by atoms with Gasteiger partial charge in [0.05, 0.1) is 18.8 Å². The molecule has 0 spiro atoms. The van der Waals surface area contributed by atoms with Crippen molar-refractivity contribution in [2.24, 2.45) is 0 Å². The molecule has 0 saturated heterocycles. The molecule has 8 N–H and O–H groups in total. The zero-order valence-electron chi connectivity index (χ0n) is 11.9. The van der Waals surface area contributed by atoms with E-state index in [4.69, 9.17) is 5.11 Å². The number of rotatable bonds is 7. The van der Waals surface area contributed by atoms with Gasteiger partial charge in [-0.3, -0.25) is 0 Å². The largest absolute Gasteiger partial charge is 0.394 e. The highest BCUT2D eigenvalue weighted by atomic mass is 16.4. The van der Waals surface area contributed by atoms with Crippen molar-refractivity contribution in [2.45, 2.75) is 56.0 Å². The Morgan fingerprint density at radius 1 is 1.10 bits per heavy atom. The fourth-order valence-electron chi connectivity index (χ4n) is 2.30. The van der Waals surface area contributed by atoms with Crippen molar-refractivity contribution >= 4 is 0 Å². The van der Waals surface area contributed by atoms with E-state index in [0.29, 0.717) is 12.0 Å². The molecule has 0 radical (unpaired) electrons. The first kappa shape index (κ1) is 18.5. The molecule has 8 nitrogen and oxygen atoms in total. The van der Waals surface area contributed by atoms with Crippen molar-refractivity contribution in [3.05, 3.63) is 11.6 Å². The lowest BCUT2D eigenvalue weighted by atomic mass is 9.86. The van der Waals surface area contributed by atoms with Crippen molar-refractivity contribution in [2.75, 3.05) is 13.2 Å². The van der Waals surface area contributed by atoms with Crippen LogP contribution in [0.25, 0.3) is 0 Å². The van der Waals surface area contributed by atoms with E-state index < -0.39 is 49.3 Å². The van der Waals surface area contributed by atoms with E-state index in [1.807, 2.05) is 0 Å². The first-order chi connectivity index (χ1) is 9.83. The van der Waals surface area contributed by atoms with E-state index in [9.17, 15) is 30.6 Å². The summed E-state index contributed by atoms with van der Waals surface area (Å²) in [4.78, 5) is 0. The summed E-state index contributed by atoms with van der Waals surface area (Å²) in [5.41, 5.74) is 0.565. The van der Waals surface area contributed by atoms with Crippen LogP contribution in [0.1, 0.15) is 13.3 Å². The average molecular weight is 307 g/mol. The lowest BCUT2D eigenvalue weighted by Crippen LogP contribution is -2.56. The molecular weight excluding hydrogens is 282 g/mol. The van der Waals surface area contributed by atoms with E-state index in [1.54, 1.807) is 13.0 Å². The first-order valence-corrected chi connectivity index (χ1v) is 6.96. The topological polar surface area (TPSA) is 154 Å². The van der Waals surface area contributed by atoms with Gasteiger partial charge in [0.2, 0.25) is 0 Å². The molecule has 1 rings (SSSR count). The van der Waals surface area contributed by atoms with Gasteiger partial charge in [0.25, 0.3) is 0 Å². The van der Waals surface area contributed by atoms with Crippen LogP contribution in [0, 0.1) is 0 Å². The summed E-state index contributed by atoms with van der Waals surface area (Å²) >= 11 is 0. The Balaban J connectivity index is 2.63. The van der Waals surface area contributed by atoms with Crippen LogP contribution in [0.4, 0.5) is 0 Å². The summed E-state index contributed by atoms with van der Waals surface area (Å²) < 4.78 is 0. The highest BCUT2D eigenvalue weighted by molar-refractivity contribution is 5.21. The van der Waals surface area contributed by atoms with Crippen LogP contribution in [0.15, 0.2) is 11.6 Å². The predicted molar refractivity (Wildman–Crippen MR) is 73.3 cm³/mol. The minimum absolute atomic E-state index is 0.170. The molecule has 0 bridgehead atoms. The molecule has 7 unspecified atom stereocenters. The van der Waals surface area contributed by atoms with E-state index >= 15 is 0 Å². The van der Waals surface area contributed by atoms with Crippen LogP contribution in [0.3, 0.4) is 0 Å². The maximum atomic E-state index is 9.88. The van der Waals surface area contributed by atoms with Crippen molar-refractivity contribution < 1.29 is 35.7 Å². The van der Waals surface area contributed by atoms with Gasteiger partial charge >= 0.3 is 0 Å². The zero-order chi connectivity index (χ0) is 16.2. The summed E-state index contributed by atoms with van der Waals surface area (Å²) in [5, 5.41) is 69.2. The number of nitrogens with one attached hydrogen (secondary N) is 1. The molecule has 1 aliphatic carbocycles. The van der Waals surface area contributed by atoms with E-state index in [-0.39, 0.29) is 6.54 Å². The summed E-state index contributed by atoms with van der Waals surface area (Å²) in [5.74, 6) is 0. The van der Waals surface area contributed by atoms with E-state index in [1.165, 1.54) is 0 Å². The molecule has 1 aliphatic rings. The van der Waals surface area contributed by atoms with Gasteiger partial charge in [-0.1, -0.05) is 13.0 Å². The van der Waals surface area contributed by atoms with Crippen molar-refractivity contribution in [3.8, 4) is 0 Å². The lowest BCUT2D eigenvalue weighted by molar-refractivity contribution is -0.0817. The van der Waals surface area contributed by atoms with Crippen molar-refractivity contribution in [3.63, 3.8) is 0 Å². The van der Waals surface area contributed by atoms with Gasteiger partial charge in [-0.05, 0) is 12.0 Å². The first-order valence-electron chi connectivity index (χ1n) is 6.96. The van der Waals surface area contributed by atoms with Crippen molar-refractivity contribution in [1.29, 1.82) is 0 Å². The Labute approximate surface area is 123 Å². The molecule has 0 amide bonds. The highest BCUT2D eigenvalue weighted by Crippen LogP contribution is 2.22. The normalized spacial score (nSPS) is 34.2. The predicted octanol–water partition coefficient (Wildman–Crippen LogP) is -3.55. The maximum Gasteiger partial charge on any atom is 0.111 e. The summed E-state index contributed by atoms with van der Waals surface area (Å²) in [6.07, 6.45) is -6.02. The third-order valence-electron chi connectivity index (χ3n) is 3.76. The number of aliphatic hydroxyl groups is 7. The third-order valence-corrected chi connectivity index (χ3v) is 3.76. The second-order valence-electron chi connectivity index (χ2n) is 5.26. The van der Waals surface area contributed by atoms with Crippen LogP contribution in [-0.4, -0.2) is 91.6 Å². The molecule has 7 atom stereocenters. The van der Waals surface area contributed by atoms with Gasteiger partial charge < -0.3 is 41.1 Å². The fourth-order valence-corrected chi connectivity index (χ4v) is 2.30. The quantitative estimate of drug-likeness (QED) is 0.225. The minimum atomic E-state index is -1.53. The van der Waals surface area contributed by atoms with Crippen LogP contribution < -0.4 is 5.32 Å². The third kappa shape index (κ3) is 4.44. The summed E-state index contributed by atoms with van der Waals surface area (Å²) in [6.45, 7) is 0.943. The smallest absolute Gasteiger partial charge is 0.111 e. The highest BCUT2D eigenvalue weighted by Gasteiger charge is 2.37. The maximum absolute atomic E-state index is 9.88. The Morgan fingerprint density at radius 2 is 1.71 bits per heavy atom. The number of aliphatic hydroxyl groups excluding tert-OH is 7. The minimum Gasteiger partial charge on any atom is -0.394 e. The molecule has 0 aromatic carbocycles. The van der Waals surface area contributed by atoms with E-state index in [0.717, 1.165) is 0 Å². The molecule has 8 heteroatoms. The van der Waals surface area contributed by atoms with Crippen LogP contribution in [0.5, 0.6) is 0 Å². The zero-order valence-corrected chi connectivity index (χ0v) is 11.9. The second-order valence-corrected chi connectivity index (χ2v) is 5.26. The number of hydrogen-bond acceptors (Lipinski definition) is 8. The van der Waals surface area contributed by atoms with Gasteiger partial charge in [-0.15, -0.1) is 0 Å². The molecule has 21 heavy (non-hydrogen) atoms. The Hall–Kier alpha value is -0.580. The van der Waals surface area contributed by atoms with Crippen LogP contribution in [0.2, 0.25) is 0 Å². The molecule has 0 heterocycles. The fraction of sp³-hybridized carbons (Fsp3) is 0.846. The number of hydrogen-bond donors (Lipinski definition) is 8. The monoisotopic (exact) mass is 307 g/mol. The SMILES string of the molecule is CCC1=CC(NCC(O)C(O)C(O)CO)C(O)C(O)C1O. The van der Waals surface area contributed by atoms with Gasteiger partial charge in [-0.2, -0.15) is 0 Å². The average Bonchev–Trinajstić information content (AvgIpc) is 2.50. The second kappa shape index (κ2) is 8.16. The molecular formula is C13H25NO7. The molecule has 0 aliphatic heterocycles. The van der Waals surface area contributed by atoms with E-state index in [2.05, 4.69) is 5.32 Å².